The Kier molecular flexibility index (Phi) is 7.22. The lowest BCUT2D eigenvalue weighted by Gasteiger charge is -2.21. The Morgan fingerprint density at radius 2 is 1.62 bits per heavy atom. The first-order valence-electron chi connectivity index (χ1n) is 11.1. The molecule has 0 aliphatic rings. The number of benzene rings is 3. The summed E-state index contributed by atoms with van der Waals surface area (Å²) in [5, 5.41) is 6.59. The minimum Gasteiger partial charge on any atom is -0.445 e. The molecule has 6 nitrogen and oxygen atoms in total. The zero-order valence-electron chi connectivity index (χ0n) is 18.8. The minimum absolute atomic E-state index is 0.236. The van der Waals surface area contributed by atoms with Crippen LogP contribution < -0.4 is 10.6 Å². The molecular weight excluding hydrogens is 433 g/mol. The monoisotopic (exact) mass is 459 g/mol. The number of nitrogens with one attached hydrogen (secondary N) is 3. The number of para-hydroxylation sites is 1. The molecule has 0 saturated heterocycles. The average molecular weight is 460 g/mol. The first-order valence-corrected chi connectivity index (χ1v) is 11.1. The quantitative estimate of drug-likeness (QED) is 0.346. The van der Waals surface area contributed by atoms with Gasteiger partial charge in [0.05, 0.1) is 6.04 Å². The normalized spacial score (nSPS) is 12.6. The lowest BCUT2D eigenvalue weighted by atomic mass is 10.0. The predicted octanol–water partition coefficient (Wildman–Crippen LogP) is 5.02. The van der Waals surface area contributed by atoms with Crippen LogP contribution in [0.3, 0.4) is 0 Å². The number of ether oxygens (including phenoxy) is 1. The van der Waals surface area contributed by atoms with Gasteiger partial charge in [0.2, 0.25) is 5.91 Å². The molecule has 0 unspecified atom stereocenters. The van der Waals surface area contributed by atoms with Gasteiger partial charge in [-0.25, -0.2) is 9.18 Å². The molecule has 0 aliphatic carbocycles. The van der Waals surface area contributed by atoms with E-state index in [-0.39, 0.29) is 30.5 Å². The zero-order valence-corrected chi connectivity index (χ0v) is 18.8. The summed E-state index contributed by atoms with van der Waals surface area (Å²) >= 11 is 0. The second kappa shape index (κ2) is 10.7. The molecule has 4 rings (SSSR count). The molecule has 0 bridgehead atoms. The van der Waals surface area contributed by atoms with Crippen molar-refractivity contribution in [3.05, 3.63) is 108 Å². The van der Waals surface area contributed by atoms with E-state index in [1.54, 1.807) is 18.2 Å². The van der Waals surface area contributed by atoms with Crippen molar-refractivity contribution >= 4 is 22.9 Å². The van der Waals surface area contributed by atoms with Crippen molar-refractivity contribution in [2.75, 3.05) is 0 Å². The molecule has 4 aromatic rings. The number of rotatable bonds is 8. The van der Waals surface area contributed by atoms with Crippen LogP contribution in [0.25, 0.3) is 10.9 Å². The molecule has 1 aromatic heterocycles. The molecule has 0 saturated carbocycles. The number of hydrogen-bond acceptors (Lipinski definition) is 3. The number of alkyl carbamates (subject to hydrolysis) is 1. The number of hydrogen-bond donors (Lipinski definition) is 3. The van der Waals surface area contributed by atoms with Gasteiger partial charge in [0.1, 0.15) is 18.5 Å². The second-order valence-corrected chi connectivity index (χ2v) is 8.07. The Morgan fingerprint density at radius 3 is 2.41 bits per heavy atom. The van der Waals surface area contributed by atoms with Crippen LogP contribution in [0.5, 0.6) is 0 Å². The standard InChI is InChI=1S/C27H26FN3O3/c1-18(19-9-3-2-4-10-19)30-26(32)25(15-21-16-29-24-14-8-6-12-22(21)24)31-27(33)34-17-20-11-5-7-13-23(20)28/h2-14,16,18,25,29H,15,17H2,1H3,(H,30,32)(H,31,33)/t18-,25+/m0/s1. The third kappa shape index (κ3) is 5.61. The first-order chi connectivity index (χ1) is 16.5. The smallest absolute Gasteiger partial charge is 0.408 e. The lowest BCUT2D eigenvalue weighted by Crippen LogP contribution is -2.48. The van der Waals surface area contributed by atoms with E-state index in [9.17, 15) is 14.0 Å². The fourth-order valence-corrected chi connectivity index (χ4v) is 3.81. The summed E-state index contributed by atoms with van der Waals surface area (Å²) in [7, 11) is 0. The molecule has 1 heterocycles. The molecule has 0 radical (unpaired) electrons. The highest BCUT2D eigenvalue weighted by Gasteiger charge is 2.25. The molecule has 3 N–H and O–H groups in total. The van der Waals surface area contributed by atoms with Crippen LogP contribution in [0.2, 0.25) is 0 Å². The van der Waals surface area contributed by atoms with Crippen LogP contribution in [0.15, 0.2) is 85.1 Å². The van der Waals surface area contributed by atoms with Gasteiger partial charge in [-0.1, -0.05) is 66.7 Å². The van der Waals surface area contributed by atoms with Crippen LogP contribution in [0.4, 0.5) is 9.18 Å². The highest BCUT2D eigenvalue weighted by molar-refractivity contribution is 5.88. The number of amides is 2. The fourth-order valence-electron chi connectivity index (χ4n) is 3.81. The van der Waals surface area contributed by atoms with E-state index in [0.717, 1.165) is 22.0 Å². The second-order valence-electron chi connectivity index (χ2n) is 8.07. The van der Waals surface area contributed by atoms with E-state index in [4.69, 9.17) is 4.74 Å². The first kappa shape index (κ1) is 23.0. The van der Waals surface area contributed by atoms with Crippen molar-refractivity contribution < 1.29 is 18.7 Å². The topological polar surface area (TPSA) is 83.2 Å². The number of carbonyl (C=O) groups excluding carboxylic acids is 2. The number of aromatic amines is 1. The Hall–Kier alpha value is -4.13. The van der Waals surface area contributed by atoms with E-state index < -0.39 is 18.0 Å². The third-order valence-electron chi connectivity index (χ3n) is 5.68. The van der Waals surface area contributed by atoms with Crippen molar-refractivity contribution in [1.29, 1.82) is 0 Å². The van der Waals surface area contributed by atoms with Gasteiger partial charge in [0.15, 0.2) is 0 Å². The Labute approximate surface area is 197 Å². The predicted molar refractivity (Wildman–Crippen MR) is 129 cm³/mol. The summed E-state index contributed by atoms with van der Waals surface area (Å²) in [4.78, 5) is 28.9. The maximum atomic E-state index is 13.9. The van der Waals surface area contributed by atoms with Gasteiger partial charge < -0.3 is 20.4 Å². The van der Waals surface area contributed by atoms with Crippen molar-refractivity contribution in [2.45, 2.75) is 32.0 Å². The van der Waals surface area contributed by atoms with Crippen molar-refractivity contribution in [3.63, 3.8) is 0 Å². The lowest BCUT2D eigenvalue weighted by molar-refractivity contribution is -0.123. The van der Waals surface area contributed by atoms with E-state index in [1.165, 1.54) is 6.07 Å². The van der Waals surface area contributed by atoms with Crippen LogP contribution in [0.1, 0.15) is 29.7 Å². The van der Waals surface area contributed by atoms with Gasteiger partial charge in [-0.3, -0.25) is 4.79 Å². The SMILES string of the molecule is C[C@H](NC(=O)[C@@H](Cc1c[nH]c2ccccc12)NC(=O)OCc1ccccc1F)c1ccccc1. The summed E-state index contributed by atoms with van der Waals surface area (Å²) in [5.41, 5.74) is 3.03. The Balaban J connectivity index is 1.48. The number of H-pyrrole nitrogens is 1. The molecule has 0 fully saturated rings. The van der Waals surface area contributed by atoms with E-state index in [0.29, 0.717) is 0 Å². The summed E-state index contributed by atoms with van der Waals surface area (Å²) in [6.45, 7) is 1.65. The molecule has 0 spiro atoms. The van der Waals surface area contributed by atoms with Crippen molar-refractivity contribution in [2.24, 2.45) is 0 Å². The number of aromatic nitrogens is 1. The molecule has 2 atom stereocenters. The van der Waals surface area contributed by atoms with E-state index in [2.05, 4.69) is 15.6 Å². The summed E-state index contributed by atoms with van der Waals surface area (Å²) in [6, 6.07) is 22.2. The largest absolute Gasteiger partial charge is 0.445 e. The minimum atomic E-state index is -0.890. The number of carbonyl (C=O) groups is 2. The van der Waals surface area contributed by atoms with Gasteiger partial charge in [0.25, 0.3) is 0 Å². The van der Waals surface area contributed by atoms with E-state index in [1.807, 2.05) is 67.7 Å². The molecule has 34 heavy (non-hydrogen) atoms. The van der Waals surface area contributed by atoms with Gasteiger partial charge in [0, 0.05) is 29.1 Å². The van der Waals surface area contributed by atoms with Gasteiger partial charge in [-0.2, -0.15) is 0 Å². The fraction of sp³-hybridized carbons (Fsp3) is 0.185. The molecule has 3 aromatic carbocycles. The van der Waals surface area contributed by atoms with Gasteiger partial charge in [-0.15, -0.1) is 0 Å². The van der Waals surface area contributed by atoms with Crippen LogP contribution in [-0.4, -0.2) is 23.0 Å². The Morgan fingerprint density at radius 1 is 0.912 bits per heavy atom. The molecule has 7 heteroatoms. The summed E-state index contributed by atoms with van der Waals surface area (Å²) in [5.74, 6) is -0.801. The maximum Gasteiger partial charge on any atom is 0.408 e. The maximum absolute atomic E-state index is 13.9. The van der Waals surface area contributed by atoms with Crippen molar-refractivity contribution in [3.8, 4) is 0 Å². The average Bonchev–Trinajstić information content (AvgIpc) is 3.26. The van der Waals surface area contributed by atoms with Crippen LogP contribution in [0, 0.1) is 5.82 Å². The molecule has 174 valence electrons. The summed E-state index contributed by atoms with van der Waals surface area (Å²) < 4.78 is 19.1. The van der Waals surface area contributed by atoms with Crippen molar-refractivity contribution in [1.82, 2.24) is 15.6 Å². The molecule has 2 amide bonds. The highest BCUT2D eigenvalue weighted by atomic mass is 19.1. The van der Waals surface area contributed by atoms with Crippen LogP contribution in [-0.2, 0) is 22.6 Å². The van der Waals surface area contributed by atoms with Gasteiger partial charge in [-0.05, 0) is 30.2 Å². The van der Waals surface area contributed by atoms with Crippen LogP contribution >= 0.6 is 0 Å². The highest BCUT2D eigenvalue weighted by Crippen LogP contribution is 2.20. The van der Waals surface area contributed by atoms with Gasteiger partial charge >= 0.3 is 6.09 Å². The summed E-state index contributed by atoms with van der Waals surface area (Å²) in [6.07, 6.45) is 1.29. The third-order valence-corrected chi connectivity index (χ3v) is 5.68. The zero-order chi connectivity index (χ0) is 23.9. The molecule has 0 aliphatic heterocycles. The van der Waals surface area contributed by atoms with E-state index >= 15 is 0 Å². The Bertz CT molecular complexity index is 1270. The number of halogens is 1. The molecular formula is C27H26FN3O3. The number of fused-ring (bicyclic) bond motifs is 1.